The maximum Gasteiger partial charge on any atom is 0.230 e. The molecular formula is C20H27N3O. The highest BCUT2D eigenvalue weighted by atomic mass is 16.2. The number of hydrogen-bond donors (Lipinski definition) is 2. The van der Waals surface area contributed by atoms with Crippen LogP contribution in [0.2, 0.25) is 0 Å². The molecule has 4 nitrogen and oxygen atoms in total. The maximum atomic E-state index is 12.0. The van der Waals surface area contributed by atoms with Gasteiger partial charge in [0, 0.05) is 11.1 Å². The summed E-state index contributed by atoms with van der Waals surface area (Å²) in [5, 5.41) is 6.14. The summed E-state index contributed by atoms with van der Waals surface area (Å²) in [6.07, 6.45) is 1.72. The highest BCUT2D eigenvalue weighted by Gasteiger charge is 2.21. The minimum Gasteiger partial charge on any atom is -0.354 e. The van der Waals surface area contributed by atoms with Gasteiger partial charge in [-0.1, -0.05) is 53.7 Å². The van der Waals surface area contributed by atoms with E-state index in [1.54, 1.807) is 12.3 Å². The Morgan fingerprint density at radius 1 is 0.875 bits per heavy atom. The minimum absolute atomic E-state index is 0.0477. The molecule has 1 heterocycles. The fraction of sp³-hybridized carbons (Fsp3) is 0.400. The second kappa shape index (κ2) is 6.63. The summed E-state index contributed by atoms with van der Waals surface area (Å²) in [5.41, 5.74) is 2.90. The fourth-order valence-electron chi connectivity index (χ4n) is 2.07. The lowest BCUT2D eigenvalue weighted by Crippen LogP contribution is -2.27. The number of benzene rings is 1. The SMILES string of the molecule is CC(C)(C)C(=O)Nc1ccc(Nc2ccc(C(C)(C)C)cc2)cn1. The quantitative estimate of drug-likeness (QED) is 0.824. The van der Waals surface area contributed by atoms with Gasteiger partial charge in [-0.3, -0.25) is 4.79 Å². The van der Waals surface area contributed by atoms with E-state index in [-0.39, 0.29) is 11.3 Å². The van der Waals surface area contributed by atoms with Crippen molar-refractivity contribution in [2.75, 3.05) is 10.6 Å². The predicted molar refractivity (Wildman–Crippen MR) is 101 cm³/mol. The molecule has 0 aliphatic carbocycles. The van der Waals surface area contributed by atoms with E-state index in [9.17, 15) is 4.79 Å². The smallest absolute Gasteiger partial charge is 0.230 e. The third-order valence-electron chi connectivity index (χ3n) is 3.73. The molecule has 1 aromatic carbocycles. The van der Waals surface area contributed by atoms with Crippen LogP contribution in [-0.2, 0) is 10.2 Å². The van der Waals surface area contributed by atoms with E-state index in [1.165, 1.54) is 5.56 Å². The molecule has 128 valence electrons. The van der Waals surface area contributed by atoms with Gasteiger partial charge in [0.25, 0.3) is 0 Å². The van der Waals surface area contributed by atoms with E-state index in [4.69, 9.17) is 0 Å². The fourth-order valence-corrected chi connectivity index (χ4v) is 2.07. The normalized spacial score (nSPS) is 11.9. The van der Waals surface area contributed by atoms with Crippen LogP contribution < -0.4 is 10.6 Å². The summed E-state index contributed by atoms with van der Waals surface area (Å²) >= 11 is 0. The van der Waals surface area contributed by atoms with Crippen molar-refractivity contribution in [1.29, 1.82) is 0 Å². The Hall–Kier alpha value is -2.36. The summed E-state index contributed by atoms with van der Waals surface area (Å²) in [4.78, 5) is 16.2. The number of anilines is 3. The highest BCUT2D eigenvalue weighted by molar-refractivity contribution is 5.93. The van der Waals surface area contributed by atoms with Crippen molar-refractivity contribution in [1.82, 2.24) is 4.98 Å². The van der Waals surface area contributed by atoms with Crippen LogP contribution in [0, 0.1) is 5.41 Å². The van der Waals surface area contributed by atoms with Crippen molar-refractivity contribution in [3.63, 3.8) is 0 Å². The lowest BCUT2D eigenvalue weighted by Gasteiger charge is -2.19. The predicted octanol–water partition coefficient (Wildman–Crippen LogP) is 5.11. The van der Waals surface area contributed by atoms with Gasteiger partial charge in [0.05, 0.1) is 11.9 Å². The van der Waals surface area contributed by atoms with Crippen LogP contribution in [0.4, 0.5) is 17.2 Å². The molecule has 2 aromatic rings. The second-order valence-electron chi connectivity index (χ2n) is 8.09. The van der Waals surface area contributed by atoms with Gasteiger partial charge < -0.3 is 10.6 Å². The van der Waals surface area contributed by atoms with Crippen molar-refractivity contribution in [3.8, 4) is 0 Å². The molecule has 0 aliphatic heterocycles. The van der Waals surface area contributed by atoms with E-state index in [0.717, 1.165) is 11.4 Å². The van der Waals surface area contributed by atoms with Crippen LogP contribution in [-0.4, -0.2) is 10.9 Å². The first kappa shape index (κ1) is 18.0. The van der Waals surface area contributed by atoms with Gasteiger partial charge in [0.1, 0.15) is 5.82 Å². The van der Waals surface area contributed by atoms with E-state index >= 15 is 0 Å². The number of hydrogen-bond acceptors (Lipinski definition) is 3. The van der Waals surface area contributed by atoms with Crippen LogP contribution >= 0.6 is 0 Å². The van der Waals surface area contributed by atoms with Crippen molar-refractivity contribution in [2.45, 2.75) is 47.0 Å². The first-order chi connectivity index (χ1) is 11.1. The largest absolute Gasteiger partial charge is 0.354 e. The molecule has 0 spiro atoms. The van der Waals surface area contributed by atoms with Crippen molar-refractivity contribution < 1.29 is 4.79 Å². The molecule has 0 fully saturated rings. The number of nitrogens with one attached hydrogen (secondary N) is 2. The van der Waals surface area contributed by atoms with E-state index < -0.39 is 5.41 Å². The van der Waals surface area contributed by atoms with Crippen LogP contribution in [0.25, 0.3) is 0 Å². The summed E-state index contributed by atoms with van der Waals surface area (Å²) in [6.45, 7) is 12.2. The lowest BCUT2D eigenvalue weighted by atomic mass is 9.87. The standard InChI is InChI=1S/C20H27N3O/c1-19(2,3)14-7-9-15(10-8-14)22-16-11-12-17(21-13-16)23-18(24)20(4,5)6/h7-13,22H,1-6H3,(H,21,23,24). The monoisotopic (exact) mass is 325 g/mol. The lowest BCUT2D eigenvalue weighted by molar-refractivity contribution is -0.123. The van der Waals surface area contributed by atoms with Crippen molar-refractivity contribution in [3.05, 3.63) is 48.2 Å². The van der Waals surface area contributed by atoms with Gasteiger partial charge in [-0.2, -0.15) is 0 Å². The minimum atomic E-state index is -0.437. The highest BCUT2D eigenvalue weighted by Crippen LogP contribution is 2.25. The number of rotatable bonds is 3. The zero-order valence-electron chi connectivity index (χ0n) is 15.4. The first-order valence-corrected chi connectivity index (χ1v) is 8.21. The number of aromatic nitrogens is 1. The topological polar surface area (TPSA) is 54.0 Å². The summed E-state index contributed by atoms with van der Waals surface area (Å²) < 4.78 is 0. The zero-order chi connectivity index (χ0) is 18.0. The molecular weight excluding hydrogens is 298 g/mol. The Bertz CT molecular complexity index is 690. The van der Waals surface area contributed by atoms with Gasteiger partial charge in [0.2, 0.25) is 5.91 Å². The van der Waals surface area contributed by atoms with Gasteiger partial charge in [-0.25, -0.2) is 4.98 Å². The average molecular weight is 325 g/mol. The Kier molecular flexibility index (Phi) is 4.97. The molecule has 1 aromatic heterocycles. The third kappa shape index (κ3) is 4.82. The van der Waals surface area contributed by atoms with Gasteiger partial charge >= 0.3 is 0 Å². The molecule has 24 heavy (non-hydrogen) atoms. The Morgan fingerprint density at radius 2 is 1.46 bits per heavy atom. The van der Waals surface area contributed by atoms with Gasteiger partial charge in [-0.15, -0.1) is 0 Å². The Balaban J connectivity index is 2.03. The van der Waals surface area contributed by atoms with Crippen LogP contribution in [0.1, 0.15) is 47.1 Å². The maximum absolute atomic E-state index is 12.0. The number of carbonyl (C=O) groups is 1. The van der Waals surface area contributed by atoms with E-state index in [2.05, 4.69) is 60.7 Å². The first-order valence-electron chi connectivity index (χ1n) is 8.21. The molecule has 0 saturated heterocycles. The Morgan fingerprint density at radius 3 is 1.92 bits per heavy atom. The average Bonchev–Trinajstić information content (AvgIpc) is 2.48. The zero-order valence-corrected chi connectivity index (χ0v) is 15.4. The molecule has 0 aliphatic rings. The summed E-state index contributed by atoms with van der Waals surface area (Å²) in [5.74, 6) is 0.511. The van der Waals surface area contributed by atoms with Gasteiger partial charge in [-0.05, 0) is 35.2 Å². The van der Waals surface area contributed by atoms with E-state index in [0.29, 0.717) is 5.82 Å². The molecule has 0 radical (unpaired) electrons. The molecule has 2 rings (SSSR count). The van der Waals surface area contributed by atoms with Crippen LogP contribution in [0.3, 0.4) is 0 Å². The molecule has 2 N–H and O–H groups in total. The van der Waals surface area contributed by atoms with Crippen molar-refractivity contribution in [2.24, 2.45) is 5.41 Å². The molecule has 0 saturated carbocycles. The third-order valence-corrected chi connectivity index (χ3v) is 3.73. The number of carbonyl (C=O) groups excluding carboxylic acids is 1. The Labute approximate surface area is 144 Å². The number of nitrogens with zero attached hydrogens (tertiary/aromatic N) is 1. The molecule has 4 heteroatoms. The number of amides is 1. The molecule has 0 unspecified atom stereocenters. The molecule has 0 bridgehead atoms. The molecule has 1 amide bonds. The van der Waals surface area contributed by atoms with Gasteiger partial charge in [0.15, 0.2) is 0 Å². The summed E-state index contributed by atoms with van der Waals surface area (Å²) in [7, 11) is 0. The van der Waals surface area contributed by atoms with Crippen molar-refractivity contribution >= 4 is 23.1 Å². The number of pyridine rings is 1. The van der Waals surface area contributed by atoms with Crippen LogP contribution in [0.15, 0.2) is 42.6 Å². The van der Waals surface area contributed by atoms with E-state index in [1.807, 2.05) is 26.8 Å². The van der Waals surface area contributed by atoms with Crippen LogP contribution in [0.5, 0.6) is 0 Å². The summed E-state index contributed by atoms with van der Waals surface area (Å²) in [6, 6.07) is 12.1. The second-order valence-corrected chi connectivity index (χ2v) is 8.09. The molecule has 0 atom stereocenters.